The highest BCUT2D eigenvalue weighted by molar-refractivity contribution is 5.93. The fourth-order valence-electron chi connectivity index (χ4n) is 4.75. The minimum Gasteiger partial charge on any atom is -0.381 e. The molecular formula is C24H25F2N5O2. The topological polar surface area (TPSA) is 73.1 Å². The van der Waals surface area contributed by atoms with Crippen molar-refractivity contribution in [1.29, 1.82) is 0 Å². The van der Waals surface area contributed by atoms with Crippen molar-refractivity contribution in [2.75, 3.05) is 31.2 Å². The molecule has 2 aliphatic rings. The number of hydrogen-bond donors (Lipinski definition) is 0. The summed E-state index contributed by atoms with van der Waals surface area (Å²) in [6.07, 6.45) is 4.05. The molecule has 0 bridgehead atoms. The van der Waals surface area contributed by atoms with E-state index in [2.05, 4.69) is 15.1 Å². The highest BCUT2D eigenvalue weighted by Crippen LogP contribution is 2.41. The molecule has 0 unspecified atom stereocenters. The van der Waals surface area contributed by atoms with E-state index in [1.807, 2.05) is 4.90 Å². The van der Waals surface area contributed by atoms with E-state index in [-0.39, 0.29) is 35.2 Å². The van der Waals surface area contributed by atoms with Gasteiger partial charge in [0.2, 0.25) is 0 Å². The molecule has 33 heavy (non-hydrogen) atoms. The zero-order valence-corrected chi connectivity index (χ0v) is 18.4. The summed E-state index contributed by atoms with van der Waals surface area (Å²) in [5, 5.41) is 4.47. The van der Waals surface area contributed by atoms with Gasteiger partial charge in [-0.25, -0.2) is 18.7 Å². The summed E-state index contributed by atoms with van der Waals surface area (Å²) < 4.78 is 35.8. The average molecular weight is 453 g/mol. The van der Waals surface area contributed by atoms with Crippen LogP contribution >= 0.6 is 0 Å². The van der Waals surface area contributed by atoms with E-state index >= 15 is 0 Å². The van der Waals surface area contributed by atoms with E-state index in [0.29, 0.717) is 23.5 Å². The Morgan fingerprint density at radius 1 is 1.15 bits per heavy atom. The van der Waals surface area contributed by atoms with Crippen LogP contribution in [0.25, 0.3) is 11.5 Å². The Kier molecular flexibility index (Phi) is 5.65. The first kappa shape index (κ1) is 21.6. The second-order valence-electron chi connectivity index (χ2n) is 8.87. The summed E-state index contributed by atoms with van der Waals surface area (Å²) >= 11 is 0. The van der Waals surface area contributed by atoms with Crippen LogP contribution in [0.1, 0.15) is 42.2 Å². The summed E-state index contributed by atoms with van der Waals surface area (Å²) in [7, 11) is 0. The predicted octanol–water partition coefficient (Wildman–Crippen LogP) is 3.88. The summed E-state index contributed by atoms with van der Waals surface area (Å²) in [4.78, 5) is 22.8. The molecule has 7 nitrogen and oxygen atoms in total. The molecule has 0 atom stereocenters. The largest absolute Gasteiger partial charge is 0.381 e. The maximum atomic E-state index is 14.7. The van der Waals surface area contributed by atoms with Gasteiger partial charge in [-0.05, 0) is 36.8 Å². The highest BCUT2D eigenvalue weighted by Gasteiger charge is 2.40. The minimum absolute atomic E-state index is 0.0896. The van der Waals surface area contributed by atoms with Crippen molar-refractivity contribution in [2.24, 2.45) is 5.41 Å². The lowest BCUT2D eigenvalue weighted by Crippen LogP contribution is -2.33. The van der Waals surface area contributed by atoms with E-state index in [0.717, 1.165) is 45.2 Å². The van der Waals surface area contributed by atoms with Crippen molar-refractivity contribution in [3.05, 3.63) is 59.4 Å². The quantitative estimate of drug-likeness (QED) is 0.546. The van der Waals surface area contributed by atoms with Gasteiger partial charge in [0, 0.05) is 38.8 Å². The van der Waals surface area contributed by atoms with Crippen LogP contribution < -0.4 is 4.90 Å². The Bertz CT molecular complexity index is 1190. The molecule has 0 amide bonds. The van der Waals surface area contributed by atoms with Crippen molar-refractivity contribution in [1.82, 2.24) is 19.7 Å². The standard InChI is InChI=1S/C24H25F2N5O2/c1-16(32)21-12-20(29-31(21)14-17-4-2-3-5-18(17)25)22-27-13-19(26)23(28-22)30-9-6-24(15-30)7-10-33-11-8-24/h2-5,12-13H,6-11,14-15H2,1H3. The number of benzene rings is 1. The molecule has 4 heterocycles. The monoisotopic (exact) mass is 453 g/mol. The Hall–Kier alpha value is -3.20. The van der Waals surface area contributed by atoms with E-state index in [9.17, 15) is 13.6 Å². The van der Waals surface area contributed by atoms with Crippen molar-refractivity contribution in [3.8, 4) is 11.5 Å². The lowest BCUT2D eigenvalue weighted by Gasteiger charge is -2.33. The summed E-state index contributed by atoms with van der Waals surface area (Å²) in [5.41, 5.74) is 1.20. The minimum atomic E-state index is -0.486. The molecule has 0 saturated carbocycles. The molecule has 2 aliphatic heterocycles. The van der Waals surface area contributed by atoms with E-state index < -0.39 is 5.82 Å². The molecule has 3 aromatic rings. The number of anilines is 1. The number of nitrogens with zero attached hydrogens (tertiary/aromatic N) is 5. The van der Waals surface area contributed by atoms with Crippen molar-refractivity contribution < 1.29 is 18.3 Å². The second kappa shape index (κ2) is 8.62. The molecular weight excluding hydrogens is 428 g/mol. The van der Waals surface area contributed by atoms with Gasteiger partial charge in [0.05, 0.1) is 12.7 Å². The van der Waals surface area contributed by atoms with Crippen LogP contribution in [0, 0.1) is 17.0 Å². The van der Waals surface area contributed by atoms with Gasteiger partial charge in [0.15, 0.2) is 23.2 Å². The highest BCUT2D eigenvalue weighted by atomic mass is 19.1. The van der Waals surface area contributed by atoms with Gasteiger partial charge in [-0.3, -0.25) is 9.48 Å². The van der Waals surface area contributed by atoms with Crippen molar-refractivity contribution >= 4 is 11.6 Å². The van der Waals surface area contributed by atoms with Gasteiger partial charge >= 0.3 is 0 Å². The van der Waals surface area contributed by atoms with Gasteiger partial charge in [-0.15, -0.1) is 0 Å². The van der Waals surface area contributed by atoms with Crippen molar-refractivity contribution in [2.45, 2.75) is 32.7 Å². The number of Topliss-reactive ketones (excluding diaryl/α,β-unsaturated/α-hetero) is 1. The van der Waals surface area contributed by atoms with Crippen molar-refractivity contribution in [3.63, 3.8) is 0 Å². The fraction of sp³-hybridized carbons (Fsp3) is 0.417. The van der Waals surface area contributed by atoms with Crippen LogP contribution in [0.5, 0.6) is 0 Å². The first-order chi connectivity index (χ1) is 15.9. The second-order valence-corrected chi connectivity index (χ2v) is 8.87. The molecule has 5 rings (SSSR count). The third-order valence-electron chi connectivity index (χ3n) is 6.66. The first-order valence-corrected chi connectivity index (χ1v) is 11.1. The van der Waals surface area contributed by atoms with Crippen LogP contribution in [-0.4, -0.2) is 51.8 Å². The molecule has 0 radical (unpaired) electrons. The Balaban J connectivity index is 1.45. The number of ether oxygens (including phenoxy) is 1. The fourth-order valence-corrected chi connectivity index (χ4v) is 4.75. The third kappa shape index (κ3) is 4.25. The first-order valence-electron chi connectivity index (χ1n) is 11.1. The number of rotatable bonds is 5. The molecule has 1 spiro atoms. The zero-order chi connectivity index (χ0) is 23.0. The number of carbonyl (C=O) groups is 1. The van der Waals surface area contributed by atoms with Gasteiger partial charge in [-0.1, -0.05) is 18.2 Å². The van der Waals surface area contributed by atoms with Crippen LogP contribution in [0.2, 0.25) is 0 Å². The SMILES string of the molecule is CC(=O)c1cc(-c2ncc(F)c(N3CCC4(CCOCC4)C3)n2)nn1Cc1ccccc1F. The van der Waals surface area contributed by atoms with Gasteiger partial charge < -0.3 is 9.64 Å². The normalized spacial score (nSPS) is 17.6. The lowest BCUT2D eigenvalue weighted by molar-refractivity contribution is 0.0254. The Morgan fingerprint density at radius 3 is 2.70 bits per heavy atom. The summed E-state index contributed by atoms with van der Waals surface area (Å²) in [5.74, 6) is -0.597. The van der Waals surface area contributed by atoms with Gasteiger partial charge in [0.25, 0.3) is 0 Å². The van der Waals surface area contributed by atoms with E-state index in [1.165, 1.54) is 17.7 Å². The maximum absolute atomic E-state index is 14.7. The van der Waals surface area contributed by atoms with Gasteiger partial charge in [-0.2, -0.15) is 5.10 Å². The Morgan fingerprint density at radius 2 is 1.94 bits per heavy atom. The lowest BCUT2D eigenvalue weighted by atomic mass is 9.80. The number of ketones is 1. The number of aromatic nitrogens is 4. The van der Waals surface area contributed by atoms with Crippen LogP contribution in [0.4, 0.5) is 14.6 Å². The van der Waals surface area contributed by atoms with Crippen LogP contribution in [0.15, 0.2) is 36.5 Å². The summed E-state index contributed by atoms with van der Waals surface area (Å²) in [6.45, 7) is 4.43. The van der Waals surface area contributed by atoms with Gasteiger partial charge in [0.1, 0.15) is 17.2 Å². The molecule has 2 aromatic heterocycles. The number of halogens is 2. The molecule has 2 fully saturated rings. The predicted molar refractivity (Wildman–Crippen MR) is 118 cm³/mol. The summed E-state index contributed by atoms with van der Waals surface area (Å²) in [6, 6.07) is 7.92. The molecule has 0 aliphatic carbocycles. The van der Waals surface area contributed by atoms with Crippen LogP contribution in [-0.2, 0) is 11.3 Å². The molecule has 9 heteroatoms. The molecule has 2 saturated heterocycles. The number of carbonyl (C=O) groups excluding carboxylic acids is 1. The molecule has 1 aromatic carbocycles. The number of hydrogen-bond acceptors (Lipinski definition) is 6. The third-order valence-corrected chi connectivity index (χ3v) is 6.66. The smallest absolute Gasteiger partial charge is 0.183 e. The van der Waals surface area contributed by atoms with Crippen LogP contribution in [0.3, 0.4) is 0 Å². The zero-order valence-electron chi connectivity index (χ0n) is 18.4. The average Bonchev–Trinajstić information content (AvgIpc) is 3.41. The Labute approximate surface area is 190 Å². The molecule has 0 N–H and O–H groups in total. The molecule has 172 valence electrons. The maximum Gasteiger partial charge on any atom is 0.183 e. The van der Waals surface area contributed by atoms with E-state index in [1.54, 1.807) is 24.3 Å². The van der Waals surface area contributed by atoms with E-state index in [4.69, 9.17) is 4.74 Å².